The Morgan fingerprint density at radius 3 is 2.72 bits per heavy atom. The number of nitrogens with zero attached hydrogens (tertiary/aromatic N) is 2. The van der Waals surface area contributed by atoms with Crippen LogP contribution < -0.4 is 0 Å². The number of aliphatic carboxylic acids is 1. The van der Waals surface area contributed by atoms with Crippen molar-refractivity contribution in [2.24, 2.45) is 5.41 Å². The highest BCUT2D eigenvalue weighted by atomic mass is 35.5. The lowest BCUT2D eigenvalue weighted by atomic mass is 9.71. The predicted octanol–water partition coefficient (Wildman–Crippen LogP) is 1.71. The minimum Gasteiger partial charge on any atom is -0.480 e. The molecule has 136 valence electrons. The molecule has 25 heavy (non-hydrogen) atoms. The molecular weight excluding hydrogens is 344 g/mol. The monoisotopic (exact) mass is 366 g/mol. The second-order valence-corrected chi connectivity index (χ2v) is 7.49. The zero-order chi connectivity index (χ0) is 18.0. The molecular formula is C18H23ClN2O4. The Morgan fingerprint density at radius 2 is 2.00 bits per heavy atom. The first-order valence-electron chi connectivity index (χ1n) is 8.57. The molecule has 2 heterocycles. The van der Waals surface area contributed by atoms with Crippen LogP contribution in [0.1, 0.15) is 29.6 Å². The van der Waals surface area contributed by atoms with Crippen LogP contribution in [-0.4, -0.2) is 70.7 Å². The van der Waals surface area contributed by atoms with Gasteiger partial charge in [0.2, 0.25) is 0 Å². The second kappa shape index (κ2) is 7.32. The van der Waals surface area contributed by atoms with E-state index in [2.05, 4.69) is 0 Å². The van der Waals surface area contributed by atoms with Gasteiger partial charge in [-0.05, 0) is 31.4 Å². The Hall–Kier alpha value is -1.63. The number of aliphatic hydroxyl groups is 1. The van der Waals surface area contributed by atoms with E-state index in [-0.39, 0.29) is 12.5 Å². The highest BCUT2D eigenvalue weighted by Crippen LogP contribution is 2.39. The summed E-state index contributed by atoms with van der Waals surface area (Å²) in [5, 5.41) is 20.1. The molecule has 2 atom stereocenters. The molecule has 6 nitrogen and oxygen atoms in total. The Kier molecular flexibility index (Phi) is 5.32. The third kappa shape index (κ3) is 3.81. The summed E-state index contributed by atoms with van der Waals surface area (Å²) in [5.74, 6) is -1.00. The van der Waals surface area contributed by atoms with Crippen molar-refractivity contribution >= 4 is 23.5 Å². The number of aliphatic hydroxyl groups excluding tert-OH is 1. The van der Waals surface area contributed by atoms with Crippen molar-refractivity contribution in [1.29, 1.82) is 0 Å². The first kappa shape index (κ1) is 18.2. The third-order valence-electron chi connectivity index (χ3n) is 5.32. The number of benzene rings is 1. The maximum atomic E-state index is 12.9. The Labute approximate surface area is 152 Å². The van der Waals surface area contributed by atoms with E-state index >= 15 is 0 Å². The number of carboxylic acid groups (broad SMARTS) is 1. The van der Waals surface area contributed by atoms with Crippen LogP contribution >= 0.6 is 11.6 Å². The zero-order valence-corrected chi connectivity index (χ0v) is 14.8. The topological polar surface area (TPSA) is 81.1 Å². The van der Waals surface area contributed by atoms with Gasteiger partial charge in [-0.3, -0.25) is 14.5 Å². The lowest BCUT2D eigenvalue weighted by Gasteiger charge is -2.50. The molecule has 0 aliphatic carbocycles. The molecule has 2 aliphatic rings. The van der Waals surface area contributed by atoms with Crippen LogP contribution in [0.15, 0.2) is 24.3 Å². The summed E-state index contributed by atoms with van der Waals surface area (Å²) in [4.78, 5) is 27.5. The summed E-state index contributed by atoms with van der Waals surface area (Å²) in [7, 11) is 0. The van der Waals surface area contributed by atoms with E-state index in [9.17, 15) is 14.7 Å². The lowest BCUT2D eigenvalue weighted by molar-refractivity contribution is -0.141. The summed E-state index contributed by atoms with van der Waals surface area (Å²) in [6.45, 7) is 2.07. The van der Waals surface area contributed by atoms with Gasteiger partial charge in [0.1, 0.15) is 0 Å². The van der Waals surface area contributed by atoms with Crippen LogP contribution in [0.2, 0.25) is 5.02 Å². The molecule has 0 radical (unpaired) electrons. The van der Waals surface area contributed by atoms with Crippen LogP contribution in [0.5, 0.6) is 0 Å². The number of hydrogen-bond acceptors (Lipinski definition) is 4. The minimum atomic E-state index is -0.869. The molecule has 1 aromatic rings. The van der Waals surface area contributed by atoms with Crippen LogP contribution in [0, 0.1) is 5.41 Å². The summed E-state index contributed by atoms with van der Waals surface area (Å²) >= 11 is 6.15. The number of rotatable bonds is 3. The van der Waals surface area contributed by atoms with Crippen LogP contribution in [0.4, 0.5) is 0 Å². The molecule has 7 heteroatoms. The van der Waals surface area contributed by atoms with Gasteiger partial charge in [0.25, 0.3) is 5.91 Å². The highest BCUT2D eigenvalue weighted by Gasteiger charge is 2.46. The summed E-state index contributed by atoms with van der Waals surface area (Å²) in [6.07, 6.45) is 1.57. The fourth-order valence-corrected chi connectivity index (χ4v) is 4.32. The zero-order valence-electron chi connectivity index (χ0n) is 14.0. The summed E-state index contributed by atoms with van der Waals surface area (Å²) < 4.78 is 0. The maximum absolute atomic E-state index is 12.9. The van der Waals surface area contributed by atoms with Crippen molar-refractivity contribution in [1.82, 2.24) is 9.80 Å². The molecule has 2 N–H and O–H groups in total. The smallest absolute Gasteiger partial charge is 0.317 e. The molecule has 2 saturated heterocycles. The largest absolute Gasteiger partial charge is 0.480 e. The van der Waals surface area contributed by atoms with Gasteiger partial charge in [-0.1, -0.05) is 23.7 Å². The van der Waals surface area contributed by atoms with Crippen LogP contribution in [0.3, 0.4) is 0 Å². The number of hydrogen-bond donors (Lipinski definition) is 2. The molecule has 1 amide bonds. The summed E-state index contributed by atoms with van der Waals surface area (Å²) in [5.41, 5.74) is -0.00280. The molecule has 1 spiro atoms. The van der Waals surface area contributed by atoms with Gasteiger partial charge in [0, 0.05) is 31.6 Å². The van der Waals surface area contributed by atoms with E-state index in [0.29, 0.717) is 43.2 Å². The molecule has 0 saturated carbocycles. The van der Waals surface area contributed by atoms with E-state index in [0.717, 1.165) is 12.8 Å². The van der Waals surface area contributed by atoms with Gasteiger partial charge in [-0.25, -0.2) is 0 Å². The molecule has 2 fully saturated rings. The van der Waals surface area contributed by atoms with E-state index in [1.807, 2.05) is 4.90 Å². The van der Waals surface area contributed by atoms with Gasteiger partial charge in [-0.15, -0.1) is 0 Å². The Bertz CT molecular complexity index is 668. The van der Waals surface area contributed by atoms with E-state index in [4.69, 9.17) is 16.7 Å². The molecule has 0 aromatic heterocycles. The normalized spacial score (nSPS) is 27.4. The first-order chi connectivity index (χ1) is 11.9. The minimum absolute atomic E-state index is 0.0348. The molecule has 1 aromatic carbocycles. The average Bonchev–Trinajstić information content (AvgIpc) is 2.58. The predicted molar refractivity (Wildman–Crippen MR) is 93.7 cm³/mol. The van der Waals surface area contributed by atoms with Gasteiger partial charge < -0.3 is 15.1 Å². The van der Waals surface area contributed by atoms with Crippen molar-refractivity contribution in [2.75, 3.05) is 32.7 Å². The van der Waals surface area contributed by atoms with Gasteiger partial charge >= 0.3 is 5.97 Å². The standard InChI is InChI=1S/C18H23ClN2O4/c19-14-5-2-1-4-13(14)17(25)21-8-3-7-18(12-21)11-20(10-16(23)24)9-6-15(18)22/h1-2,4-5,15,22H,3,6-12H2,(H,23,24)/t15-,18-/m1/s1. The fraction of sp³-hybridized carbons (Fsp3) is 0.556. The van der Waals surface area contributed by atoms with Crippen LogP contribution in [-0.2, 0) is 4.79 Å². The number of carbonyl (C=O) groups excluding carboxylic acids is 1. The van der Waals surface area contributed by atoms with Crippen molar-refractivity contribution < 1.29 is 19.8 Å². The first-order valence-corrected chi connectivity index (χ1v) is 8.95. The second-order valence-electron chi connectivity index (χ2n) is 7.08. The van der Waals surface area contributed by atoms with E-state index < -0.39 is 17.5 Å². The molecule has 2 aliphatic heterocycles. The quantitative estimate of drug-likeness (QED) is 0.851. The van der Waals surface area contributed by atoms with Crippen molar-refractivity contribution in [2.45, 2.75) is 25.4 Å². The number of likely N-dealkylation sites (tertiary alicyclic amines) is 2. The van der Waals surface area contributed by atoms with Crippen LogP contribution in [0.25, 0.3) is 0 Å². The highest BCUT2D eigenvalue weighted by molar-refractivity contribution is 6.33. The van der Waals surface area contributed by atoms with Gasteiger partial charge in [0.15, 0.2) is 0 Å². The Morgan fingerprint density at radius 1 is 1.24 bits per heavy atom. The Balaban J connectivity index is 1.78. The number of piperidine rings is 2. The van der Waals surface area contributed by atoms with E-state index in [1.165, 1.54) is 0 Å². The average molecular weight is 367 g/mol. The number of halogens is 1. The SMILES string of the molecule is O=C(O)CN1CC[C@@H](O)[C@]2(CCCN(C(=O)c3ccccc3Cl)C2)C1. The number of carboxylic acids is 1. The van der Waals surface area contributed by atoms with Crippen molar-refractivity contribution in [3.8, 4) is 0 Å². The number of carbonyl (C=O) groups is 2. The number of amides is 1. The summed E-state index contributed by atoms with van der Waals surface area (Å²) in [6, 6.07) is 6.97. The van der Waals surface area contributed by atoms with Gasteiger partial charge in [-0.2, -0.15) is 0 Å². The lowest BCUT2D eigenvalue weighted by Crippen LogP contribution is -2.60. The third-order valence-corrected chi connectivity index (χ3v) is 5.65. The van der Waals surface area contributed by atoms with Gasteiger partial charge in [0.05, 0.1) is 23.2 Å². The fourth-order valence-electron chi connectivity index (χ4n) is 4.11. The van der Waals surface area contributed by atoms with Crippen molar-refractivity contribution in [3.05, 3.63) is 34.9 Å². The van der Waals surface area contributed by atoms with E-state index in [1.54, 1.807) is 29.2 Å². The molecule has 3 rings (SSSR count). The molecule has 0 bridgehead atoms. The van der Waals surface area contributed by atoms with Crippen molar-refractivity contribution in [3.63, 3.8) is 0 Å². The molecule has 0 unspecified atom stereocenters. The maximum Gasteiger partial charge on any atom is 0.317 e.